The molecule has 0 aromatic heterocycles. The average molecular weight is 702 g/mol. The number of anilines is 3. The van der Waals surface area contributed by atoms with Gasteiger partial charge in [0.25, 0.3) is 0 Å². The first-order valence-electron chi connectivity index (χ1n) is 19.3. The zero-order chi connectivity index (χ0) is 36.7. The van der Waals surface area contributed by atoms with Gasteiger partial charge in [0.2, 0.25) is 0 Å². The standard InChI is InChI=1S/C54H39N/c1-53(2)49-24-11-8-21-45(49)48-32-30-42(35-52(48)53)55(41-29-31-44-37(33-41)28-27-36-15-6-7-20-43(36)44)40-19-14-18-39(34-40)54(38-16-4-3-5-17-38)50-25-12-9-22-46(50)47-23-10-13-26-51(47)54/h3-35H,1-2H3. The average Bonchev–Trinajstić information content (AvgIpc) is 3.67. The molecule has 9 aromatic rings. The van der Waals surface area contributed by atoms with Crippen LogP contribution in [0.25, 0.3) is 43.8 Å². The Hall–Kier alpha value is -6.70. The van der Waals surface area contributed by atoms with Crippen LogP contribution >= 0.6 is 0 Å². The molecule has 0 atom stereocenters. The third-order valence-electron chi connectivity index (χ3n) is 12.5. The van der Waals surface area contributed by atoms with Gasteiger partial charge < -0.3 is 4.90 Å². The second kappa shape index (κ2) is 11.9. The highest BCUT2D eigenvalue weighted by Crippen LogP contribution is 2.57. The Labute approximate surface area is 322 Å². The van der Waals surface area contributed by atoms with E-state index >= 15 is 0 Å². The van der Waals surface area contributed by atoms with E-state index in [1.165, 1.54) is 77.2 Å². The molecule has 260 valence electrons. The third kappa shape index (κ3) is 4.53. The van der Waals surface area contributed by atoms with Gasteiger partial charge in [0.15, 0.2) is 0 Å². The number of hydrogen-bond acceptors (Lipinski definition) is 1. The van der Waals surface area contributed by atoms with Gasteiger partial charge in [0, 0.05) is 22.5 Å². The summed E-state index contributed by atoms with van der Waals surface area (Å²) in [5.74, 6) is 0. The Morgan fingerprint density at radius 3 is 1.62 bits per heavy atom. The van der Waals surface area contributed by atoms with Gasteiger partial charge in [-0.15, -0.1) is 0 Å². The van der Waals surface area contributed by atoms with E-state index < -0.39 is 5.41 Å². The van der Waals surface area contributed by atoms with Gasteiger partial charge in [0.05, 0.1) is 5.41 Å². The zero-order valence-electron chi connectivity index (χ0n) is 31.0. The number of hydrogen-bond donors (Lipinski definition) is 0. The fourth-order valence-electron chi connectivity index (χ4n) is 10.0. The fraction of sp³-hybridized carbons (Fsp3) is 0.0741. The number of fused-ring (bicyclic) bond motifs is 9. The number of rotatable bonds is 5. The topological polar surface area (TPSA) is 3.24 Å². The number of benzene rings is 9. The maximum absolute atomic E-state index is 2.48. The Bertz CT molecular complexity index is 2920. The third-order valence-corrected chi connectivity index (χ3v) is 12.5. The maximum atomic E-state index is 2.48. The van der Waals surface area contributed by atoms with Crippen LogP contribution in [0.5, 0.6) is 0 Å². The molecule has 1 heteroatoms. The summed E-state index contributed by atoms with van der Waals surface area (Å²) in [5.41, 5.74) is 16.0. The van der Waals surface area contributed by atoms with Crippen LogP contribution in [0.2, 0.25) is 0 Å². The van der Waals surface area contributed by atoms with Crippen LogP contribution in [0.3, 0.4) is 0 Å². The van der Waals surface area contributed by atoms with Gasteiger partial charge in [-0.25, -0.2) is 0 Å². The Balaban J connectivity index is 1.17. The molecular formula is C54H39N. The predicted molar refractivity (Wildman–Crippen MR) is 231 cm³/mol. The molecule has 2 aliphatic rings. The Morgan fingerprint density at radius 2 is 0.855 bits per heavy atom. The molecule has 1 nitrogen and oxygen atoms in total. The summed E-state index contributed by atoms with van der Waals surface area (Å²) < 4.78 is 0. The van der Waals surface area contributed by atoms with E-state index in [1.54, 1.807) is 0 Å². The van der Waals surface area contributed by atoms with E-state index in [1.807, 2.05) is 0 Å². The highest BCUT2D eigenvalue weighted by molar-refractivity contribution is 6.08. The molecule has 0 spiro atoms. The van der Waals surface area contributed by atoms with Crippen molar-refractivity contribution in [1.29, 1.82) is 0 Å². The summed E-state index contributed by atoms with van der Waals surface area (Å²) >= 11 is 0. The van der Waals surface area contributed by atoms with Crippen molar-refractivity contribution in [1.82, 2.24) is 0 Å². The van der Waals surface area contributed by atoms with E-state index in [-0.39, 0.29) is 5.41 Å². The van der Waals surface area contributed by atoms with Crippen molar-refractivity contribution < 1.29 is 0 Å². The molecule has 9 aromatic carbocycles. The van der Waals surface area contributed by atoms with E-state index in [2.05, 4.69) is 219 Å². The molecule has 0 radical (unpaired) electrons. The summed E-state index contributed by atoms with van der Waals surface area (Å²) in [6.45, 7) is 4.73. The van der Waals surface area contributed by atoms with Gasteiger partial charge in [0.1, 0.15) is 0 Å². The minimum absolute atomic E-state index is 0.119. The molecule has 0 aliphatic heterocycles. The molecule has 0 saturated heterocycles. The summed E-state index contributed by atoms with van der Waals surface area (Å²) in [5, 5.41) is 5.03. The SMILES string of the molecule is CC1(C)c2ccccc2-c2ccc(N(c3cccc(C4(c5ccccc5)c5ccccc5-c5ccccc54)c3)c3ccc4c(ccc5ccccc54)c3)cc21. The van der Waals surface area contributed by atoms with Crippen molar-refractivity contribution in [2.45, 2.75) is 24.7 Å². The molecule has 11 rings (SSSR count). The van der Waals surface area contributed by atoms with Crippen LogP contribution in [0, 0.1) is 0 Å². The number of nitrogens with zero attached hydrogens (tertiary/aromatic N) is 1. The van der Waals surface area contributed by atoms with E-state index in [4.69, 9.17) is 0 Å². The molecule has 0 fully saturated rings. The van der Waals surface area contributed by atoms with Crippen LogP contribution in [-0.2, 0) is 10.8 Å². The monoisotopic (exact) mass is 701 g/mol. The van der Waals surface area contributed by atoms with Gasteiger partial charge in [-0.1, -0.05) is 178 Å². The summed E-state index contributed by atoms with van der Waals surface area (Å²) in [7, 11) is 0. The van der Waals surface area contributed by atoms with Crippen LogP contribution in [0.1, 0.15) is 47.2 Å². The molecule has 2 aliphatic carbocycles. The van der Waals surface area contributed by atoms with E-state index in [9.17, 15) is 0 Å². The first-order chi connectivity index (χ1) is 27.0. The molecule has 0 unspecified atom stereocenters. The lowest BCUT2D eigenvalue weighted by Gasteiger charge is -2.35. The lowest BCUT2D eigenvalue weighted by molar-refractivity contribution is 0.660. The Kier molecular flexibility index (Phi) is 6.88. The molecular weight excluding hydrogens is 663 g/mol. The minimum atomic E-state index is -0.486. The molecule has 0 bridgehead atoms. The lowest BCUT2D eigenvalue weighted by Crippen LogP contribution is -2.28. The first kappa shape index (κ1) is 31.8. The maximum Gasteiger partial charge on any atom is 0.0714 e. The largest absolute Gasteiger partial charge is 0.310 e. The van der Waals surface area contributed by atoms with Gasteiger partial charge in [-0.05, 0) is 114 Å². The van der Waals surface area contributed by atoms with Crippen molar-refractivity contribution in [2.24, 2.45) is 0 Å². The first-order valence-corrected chi connectivity index (χ1v) is 19.3. The van der Waals surface area contributed by atoms with Crippen LogP contribution < -0.4 is 4.90 Å². The molecule has 0 amide bonds. The van der Waals surface area contributed by atoms with Crippen LogP contribution in [0.4, 0.5) is 17.1 Å². The van der Waals surface area contributed by atoms with Crippen LogP contribution in [0.15, 0.2) is 200 Å². The van der Waals surface area contributed by atoms with Crippen molar-refractivity contribution in [2.75, 3.05) is 4.90 Å². The molecule has 0 saturated carbocycles. The highest BCUT2D eigenvalue weighted by atomic mass is 15.1. The smallest absolute Gasteiger partial charge is 0.0714 e. The lowest BCUT2D eigenvalue weighted by atomic mass is 9.67. The van der Waals surface area contributed by atoms with E-state index in [0.29, 0.717) is 0 Å². The summed E-state index contributed by atoms with van der Waals surface area (Å²) in [6.07, 6.45) is 0. The fourth-order valence-corrected chi connectivity index (χ4v) is 10.0. The molecule has 55 heavy (non-hydrogen) atoms. The van der Waals surface area contributed by atoms with Gasteiger partial charge in [-0.3, -0.25) is 0 Å². The zero-order valence-corrected chi connectivity index (χ0v) is 31.0. The van der Waals surface area contributed by atoms with Crippen molar-refractivity contribution in [3.05, 3.63) is 234 Å². The highest BCUT2D eigenvalue weighted by Gasteiger charge is 2.46. The second-order valence-electron chi connectivity index (χ2n) is 15.7. The van der Waals surface area contributed by atoms with E-state index in [0.717, 1.165) is 17.1 Å². The molecule has 0 N–H and O–H groups in total. The van der Waals surface area contributed by atoms with Gasteiger partial charge >= 0.3 is 0 Å². The molecule has 0 heterocycles. The van der Waals surface area contributed by atoms with Crippen molar-refractivity contribution in [3.8, 4) is 22.3 Å². The predicted octanol–water partition coefficient (Wildman–Crippen LogP) is 14.1. The summed E-state index contributed by atoms with van der Waals surface area (Å²) in [6, 6.07) is 74.6. The normalized spacial score (nSPS) is 14.3. The van der Waals surface area contributed by atoms with Crippen molar-refractivity contribution in [3.63, 3.8) is 0 Å². The second-order valence-corrected chi connectivity index (χ2v) is 15.7. The van der Waals surface area contributed by atoms with Gasteiger partial charge in [-0.2, -0.15) is 0 Å². The minimum Gasteiger partial charge on any atom is -0.310 e. The van der Waals surface area contributed by atoms with Crippen LogP contribution in [-0.4, -0.2) is 0 Å². The Morgan fingerprint density at radius 1 is 0.327 bits per heavy atom. The summed E-state index contributed by atoms with van der Waals surface area (Å²) in [4.78, 5) is 2.48. The quantitative estimate of drug-likeness (QED) is 0.162. The van der Waals surface area contributed by atoms with Crippen molar-refractivity contribution >= 4 is 38.6 Å².